The molecule has 0 spiro atoms. The molecule has 0 saturated heterocycles. The second-order valence-electron chi connectivity index (χ2n) is 4.64. The number of rotatable bonds is 4. The van der Waals surface area contributed by atoms with Crippen LogP contribution in [-0.4, -0.2) is 13.4 Å². The van der Waals surface area contributed by atoms with Gasteiger partial charge in [-0.1, -0.05) is 34.1 Å². The molecule has 0 saturated carbocycles. The Hall–Kier alpha value is -1.63. The number of aromatic amines is 1. The smallest absolute Gasteiger partial charge is 0.240 e. The van der Waals surface area contributed by atoms with Crippen LogP contribution in [-0.2, 0) is 16.6 Å². The summed E-state index contributed by atoms with van der Waals surface area (Å²) in [6, 6.07) is 14.4. The van der Waals surface area contributed by atoms with Crippen molar-refractivity contribution in [3.05, 3.63) is 64.8 Å². The van der Waals surface area contributed by atoms with E-state index in [0.29, 0.717) is 0 Å². The normalized spacial score (nSPS) is 11.9. The molecule has 0 unspecified atom stereocenters. The molecular weight excluding hydrogens is 352 g/mol. The van der Waals surface area contributed by atoms with Crippen LogP contribution in [0.3, 0.4) is 0 Å². The molecule has 1 aromatic heterocycles. The number of benzene rings is 2. The first-order valence-electron chi connectivity index (χ1n) is 6.36. The lowest BCUT2D eigenvalue weighted by Crippen LogP contribution is -2.23. The van der Waals surface area contributed by atoms with Crippen LogP contribution >= 0.6 is 15.9 Å². The average molecular weight is 365 g/mol. The largest absolute Gasteiger partial charge is 0.361 e. The third-order valence-electron chi connectivity index (χ3n) is 3.25. The fourth-order valence-corrected chi connectivity index (χ4v) is 3.42. The number of hydrogen-bond donors (Lipinski definition) is 2. The fraction of sp³-hybridized carbons (Fsp3) is 0.0667. The lowest BCUT2D eigenvalue weighted by Gasteiger charge is -2.06. The van der Waals surface area contributed by atoms with Gasteiger partial charge in [0.15, 0.2) is 0 Å². The Bertz CT molecular complexity index is 870. The van der Waals surface area contributed by atoms with Crippen LogP contribution in [0, 0.1) is 0 Å². The SMILES string of the molecule is O=S(=O)(NCc1c[nH]c2ccccc12)c1ccc(Br)cc1. The van der Waals surface area contributed by atoms with Gasteiger partial charge in [-0.25, -0.2) is 13.1 Å². The van der Waals surface area contributed by atoms with Crippen molar-refractivity contribution in [2.75, 3.05) is 0 Å². The van der Waals surface area contributed by atoms with Gasteiger partial charge < -0.3 is 4.98 Å². The number of hydrogen-bond acceptors (Lipinski definition) is 2. The Balaban J connectivity index is 1.82. The van der Waals surface area contributed by atoms with E-state index in [1.54, 1.807) is 24.3 Å². The second kappa shape index (κ2) is 5.63. The molecule has 2 aromatic carbocycles. The quantitative estimate of drug-likeness (QED) is 0.744. The highest BCUT2D eigenvalue weighted by Gasteiger charge is 2.14. The zero-order valence-electron chi connectivity index (χ0n) is 11.0. The van der Waals surface area contributed by atoms with Crippen molar-refractivity contribution >= 4 is 36.9 Å². The zero-order valence-corrected chi connectivity index (χ0v) is 13.4. The van der Waals surface area contributed by atoms with Crippen LogP contribution in [0.1, 0.15) is 5.56 Å². The standard InChI is InChI=1S/C15H13BrN2O2S/c16-12-5-7-13(8-6-12)21(19,20)18-10-11-9-17-15-4-2-1-3-14(11)15/h1-9,17-18H,10H2. The first kappa shape index (κ1) is 14.3. The van der Waals surface area contributed by atoms with Crippen molar-refractivity contribution in [3.63, 3.8) is 0 Å². The van der Waals surface area contributed by atoms with Gasteiger partial charge in [-0.3, -0.25) is 0 Å². The summed E-state index contributed by atoms with van der Waals surface area (Å²) in [4.78, 5) is 3.39. The molecular formula is C15H13BrN2O2S. The van der Waals surface area contributed by atoms with Crippen LogP contribution < -0.4 is 4.72 Å². The number of sulfonamides is 1. The van der Waals surface area contributed by atoms with Gasteiger partial charge in [-0.15, -0.1) is 0 Å². The summed E-state index contributed by atoms with van der Waals surface area (Å²) in [5.41, 5.74) is 1.92. The zero-order chi connectivity index (χ0) is 14.9. The van der Waals surface area contributed by atoms with Gasteiger partial charge in [-0.05, 0) is 35.9 Å². The lowest BCUT2D eigenvalue weighted by atomic mass is 10.2. The lowest BCUT2D eigenvalue weighted by molar-refractivity contribution is 0.581. The van der Waals surface area contributed by atoms with Gasteiger partial charge in [-0.2, -0.15) is 0 Å². The number of aromatic nitrogens is 1. The van der Waals surface area contributed by atoms with E-state index in [1.165, 1.54) is 0 Å². The summed E-state index contributed by atoms with van der Waals surface area (Å²) in [6.45, 7) is 0.252. The maximum atomic E-state index is 12.2. The van der Waals surface area contributed by atoms with Gasteiger partial charge in [0.1, 0.15) is 0 Å². The van der Waals surface area contributed by atoms with Crippen molar-refractivity contribution < 1.29 is 8.42 Å². The van der Waals surface area contributed by atoms with E-state index < -0.39 is 10.0 Å². The Labute approximate surface area is 131 Å². The molecule has 0 fully saturated rings. The van der Waals surface area contributed by atoms with Crippen LogP contribution in [0.15, 0.2) is 64.1 Å². The Morgan fingerprint density at radius 1 is 1.05 bits per heavy atom. The minimum Gasteiger partial charge on any atom is -0.361 e. The molecule has 0 aliphatic rings. The summed E-state index contributed by atoms with van der Waals surface area (Å²) in [5.74, 6) is 0. The minimum atomic E-state index is -3.51. The summed E-state index contributed by atoms with van der Waals surface area (Å²) in [5, 5.41) is 1.02. The average Bonchev–Trinajstić information content (AvgIpc) is 2.89. The van der Waals surface area contributed by atoms with Crippen LogP contribution in [0.2, 0.25) is 0 Å². The Morgan fingerprint density at radius 2 is 1.76 bits per heavy atom. The Kier molecular flexibility index (Phi) is 3.84. The molecule has 3 aromatic rings. The predicted octanol–water partition coefficient (Wildman–Crippen LogP) is 3.41. The highest BCUT2D eigenvalue weighted by molar-refractivity contribution is 9.10. The van der Waals surface area contributed by atoms with Gasteiger partial charge >= 0.3 is 0 Å². The van der Waals surface area contributed by atoms with E-state index in [4.69, 9.17) is 0 Å². The summed E-state index contributed by atoms with van der Waals surface area (Å²) in [7, 11) is -3.51. The van der Waals surface area contributed by atoms with E-state index in [0.717, 1.165) is 20.9 Å². The molecule has 0 radical (unpaired) electrons. The molecule has 1 heterocycles. The maximum Gasteiger partial charge on any atom is 0.240 e. The number of para-hydroxylation sites is 1. The molecule has 6 heteroatoms. The van der Waals surface area contributed by atoms with Crippen molar-refractivity contribution in [1.29, 1.82) is 0 Å². The fourth-order valence-electron chi connectivity index (χ4n) is 2.15. The molecule has 0 bridgehead atoms. The van der Waals surface area contributed by atoms with Crippen molar-refractivity contribution in [2.45, 2.75) is 11.4 Å². The molecule has 4 nitrogen and oxygen atoms in total. The van der Waals surface area contributed by atoms with Gasteiger partial charge in [0.05, 0.1) is 4.90 Å². The molecule has 3 rings (SSSR count). The summed E-state index contributed by atoms with van der Waals surface area (Å²) >= 11 is 3.29. The molecule has 2 N–H and O–H groups in total. The second-order valence-corrected chi connectivity index (χ2v) is 7.32. The van der Waals surface area contributed by atoms with Crippen molar-refractivity contribution in [1.82, 2.24) is 9.71 Å². The highest BCUT2D eigenvalue weighted by Crippen LogP contribution is 2.19. The topological polar surface area (TPSA) is 62.0 Å². The highest BCUT2D eigenvalue weighted by atomic mass is 79.9. The molecule has 108 valence electrons. The molecule has 0 aliphatic carbocycles. The van der Waals surface area contributed by atoms with E-state index in [1.807, 2.05) is 30.5 Å². The third-order valence-corrected chi connectivity index (χ3v) is 5.20. The van der Waals surface area contributed by atoms with Crippen LogP contribution in [0.5, 0.6) is 0 Å². The van der Waals surface area contributed by atoms with Crippen molar-refractivity contribution in [3.8, 4) is 0 Å². The first-order valence-corrected chi connectivity index (χ1v) is 8.64. The van der Waals surface area contributed by atoms with E-state index in [-0.39, 0.29) is 11.4 Å². The molecule has 0 amide bonds. The monoisotopic (exact) mass is 364 g/mol. The van der Waals surface area contributed by atoms with E-state index in [2.05, 4.69) is 25.6 Å². The van der Waals surface area contributed by atoms with Crippen LogP contribution in [0.25, 0.3) is 10.9 Å². The summed E-state index contributed by atoms with van der Waals surface area (Å²) < 4.78 is 27.9. The minimum absolute atomic E-state index is 0.252. The molecule has 0 aliphatic heterocycles. The predicted molar refractivity (Wildman–Crippen MR) is 86.5 cm³/mol. The molecule has 0 atom stereocenters. The van der Waals surface area contributed by atoms with E-state index in [9.17, 15) is 8.42 Å². The van der Waals surface area contributed by atoms with Gasteiger partial charge in [0.25, 0.3) is 0 Å². The maximum absolute atomic E-state index is 12.2. The number of H-pyrrole nitrogens is 1. The van der Waals surface area contributed by atoms with Gasteiger partial charge in [0, 0.05) is 28.1 Å². The first-order chi connectivity index (χ1) is 10.1. The van der Waals surface area contributed by atoms with Crippen molar-refractivity contribution in [2.24, 2.45) is 0 Å². The van der Waals surface area contributed by atoms with Crippen LogP contribution in [0.4, 0.5) is 0 Å². The summed E-state index contributed by atoms with van der Waals surface area (Å²) in [6.07, 6.45) is 1.83. The number of fused-ring (bicyclic) bond motifs is 1. The van der Waals surface area contributed by atoms with Gasteiger partial charge in [0.2, 0.25) is 10.0 Å². The van der Waals surface area contributed by atoms with E-state index >= 15 is 0 Å². The third kappa shape index (κ3) is 3.02. The Morgan fingerprint density at radius 3 is 2.52 bits per heavy atom. The molecule has 21 heavy (non-hydrogen) atoms. The number of halogens is 1. The number of nitrogens with one attached hydrogen (secondary N) is 2.